The number of piperazine rings is 1. The highest BCUT2D eigenvalue weighted by Gasteiger charge is 2.48. The number of nitriles is 1. The smallest absolute Gasteiger partial charge is 0.315 e. The Bertz CT molecular complexity index is 654. The second-order valence-electron chi connectivity index (χ2n) is 5.88. The highest BCUT2D eigenvalue weighted by atomic mass is 35.5. The number of nitrogens with one attached hydrogen (secondary N) is 1. The molecular formula is C15H17ClN4O. The molecule has 1 N–H and O–H groups in total. The van der Waals surface area contributed by atoms with Crippen molar-refractivity contribution in [3.05, 3.63) is 28.3 Å². The van der Waals surface area contributed by atoms with Crippen LogP contribution in [0.5, 0.6) is 0 Å². The van der Waals surface area contributed by atoms with Gasteiger partial charge in [-0.25, -0.2) is 4.79 Å². The molecule has 2 amide bonds. The van der Waals surface area contributed by atoms with Gasteiger partial charge in [0.25, 0.3) is 0 Å². The molecule has 0 radical (unpaired) electrons. The molecule has 0 aliphatic carbocycles. The van der Waals surface area contributed by atoms with Crippen molar-refractivity contribution in [1.29, 1.82) is 5.26 Å². The van der Waals surface area contributed by atoms with Crippen molar-refractivity contribution in [2.45, 2.75) is 19.4 Å². The average molecular weight is 305 g/mol. The largest absolute Gasteiger partial charge is 0.325 e. The Balaban J connectivity index is 2.01. The van der Waals surface area contributed by atoms with Crippen LogP contribution < -0.4 is 10.2 Å². The molecule has 3 rings (SSSR count). The summed E-state index contributed by atoms with van der Waals surface area (Å²) in [4.78, 5) is 16.4. The Morgan fingerprint density at radius 1 is 1.48 bits per heavy atom. The first-order chi connectivity index (χ1) is 9.98. The van der Waals surface area contributed by atoms with Gasteiger partial charge in [0.1, 0.15) is 6.07 Å². The summed E-state index contributed by atoms with van der Waals surface area (Å²) in [6, 6.07) is 5.57. The van der Waals surface area contributed by atoms with E-state index in [1.165, 1.54) is 0 Å². The third-order valence-corrected chi connectivity index (χ3v) is 4.89. The topological polar surface area (TPSA) is 59.4 Å². The highest BCUT2D eigenvalue weighted by Crippen LogP contribution is 2.36. The van der Waals surface area contributed by atoms with Crippen molar-refractivity contribution in [3.63, 3.8) is 0 Å². The van der Waals surface area contributed by atoms with Gasteiger partial charge in [-0.05, 0) is 31.5 Å². The van der Waals surface area contributed by atoms with Crippen LogP contribution in [0.25, 0.3) is 0 Å². The van der Waals surface area contributed by atoms with E-state index in [2.05, 4.69) is 18.3 Å². The molecule has 2 fully saturated rings. The van der Waals surface area contributed by atoms with Crippen LogP contribution in [0.1, 0.15) is 18.1 Å². The van der Waals surface area contributed by atoms with Crippen molar-refractivity contribution in [3.8, 4) is 6.07 Å². The molecule has 110 valence electrons. The molecule has 2 saturated heterocycles. The predicted octanol–water partition coefficient (Wildman–Crippen LogP) is 2.12. The van der Waals surface area contributed by atoms with Crippen molar-refractivity contribution < 1.29 is 4.79 Å². The minimum absolute atomic E-state index is 0.0166. The van der Waals surface area contributed by atoms with Crippen LogP contribution in [0.2, 0.25) is 5.02 Å². The van der Waals surface area contributed by atoms with E-state index in [-0.39, 0.29) is 11.6 Å². The number of benzene rings is 1. The zero-order valence-corrected chi connectivity index (χ0v) is 12.9. The maximum atomic E-state index is 12.7. The molecule has 2 aliphatic rings. The molecule has 1 aromatic rings. The van der Waals surface area contributed by atoms with Crippen LogP contribution >= 0.6 is 11.6 Å². The van der Waals surface area contributed by atoms with E-state index in [4.69, 9.17) is 16.9 Å². The van der Waals surface area contributed by atoms with Gasteiger partial charge in [0.2, 0.25) is 0 Å². The van der Waals surface area contributed by atoms with Gasteiger partial charge in [-0.3, -0.25) is 4.90 Å². The first-order valence-corrected chi connectivity index (χ1v) is 7.35. The molecule has 1 aromatic carbocycles. The Morgan fingerprint density at radius 3 is 2.90 bits per heavy atom. The second-order valence-corrected chi connectivity index (χ2v) is 6.26. The lowest BCUT2D eigenvalue weighted by Crippen LogP contribution is -2.58. The lowest BCUT2D eigenvalue weighted by molar-refractivity contribution is 0.143. The van der Waals surface area contributed by atoms with Gasteiger partial charge in [-0.15, -0.1) is 0 Å². The monoisotopic (exact) mass is 304 g/mol. The summed E-state index contributed by atoms with van der Waals surface area (Å²) in [5, 5.41) is 12.8. The van der Waals surface area contributed by atoms with Crippen LogP contribution in [-0.2, 0) is 0 Å². The van der Waals surface area contributed by atoms with Gasteiger partial charge in [0.05, 0.1) is 22.7 Å². The lowest BCUT2D eigenvalue weighted by atomic mass is 9.99. The van der Waals surface area contributed by atoms with E-state index >= 15 is 0 Å². The van der Waals surface area contributed by atoms with Gasteiger partial charge >= 0.3 is 6.03 Å². The fourth-order valence-electron chi connectivity index (χ4n) is 3.18. The Labute approximate surface area is 129 Å². The minimum Gasteiger partial charge on any atom is -0.315 e. The number of urea groups is 1. The maximum Gasteiger partial charge on any atom is 0.325 e. The van der Waals surface area contributed by atoms with E-state index in [0.717, 1.165) is 30.9 Å². The number of anilines is 1. The summed E-state index contributed by atoms with van der Waals surface area (Å²) in [5.41, 5.74) is 1.82. The number of carbonyl (C=O) groups is 1. The van der Waals surface area contributed by atoms with Gasteiger partial charge in [-0.1, -0.05) is 11.6 Å². The summed E-state index contributed by atoms with van der Waals surface area (Å²) in [6.45, 7) is 6.90. The van der Waals surface area contributed by atoms with E-state index in [9.17, 15) is 4.79 Å². The molecule has 6 heteroatoms. The first kappa shape index (κ1) is 14.2. The molecule has 0 aromatic heterocycles. The summed E-state index contributed by atoms with van der Waals surface area (Å²) in [7, 11) is 0. The van der Waals surface area contributed by atoms with Crippen molar-refractivity contribution in [2.24, 2.45) is 0 Å². The fourth-order valence-corrected chi connectivity index (χ4v) is 3.38. The third-order valence-electron chi connectivity index (χ3n) is 4.40. The average Bonchev–Trinajstić information content (AvgIpc) is 2.74. The Hall–Kier alpha value is -1.77. The first-order valence-electron chi connectivity index (χ1n) is 6.97. The zero-order chi connectivity index (χ0) is 15.2. The van der Waals surface area contributed by atoms with E-state index in [0.29, 0.717) is 17.1 Å². The van der Waals surface area contributed by atoms with E-state index < -0.39 is 0 Å². The Morgan fingerprint density at radius 2 is 2.24 bits per heavy atom. The fraction of sp³-hybridized carbons (Fsp3) is 0.467. The third kappa shape index (κ3) is 2.06. The van der Waals surface area contributed by atoms with Crippen LogP contribution in [0.3, 0.4) is 0 Å². The summed E-state index contributed by atoms with van der Waals surface area (Å²) in [6.07, 6.45) is 0. The van der Waals surface area contributed by atoms with Crippen LogP contribution in [0, 0.1) is 18.3 Å². The number of fused-ring (bicyclic) bond motifs is 1. The summed E-state index contributed by atoms with van der Waals surface area (Å²) < 4.78 is 0. The molecule has 0 bridgehead atoms. The van der Waals surface area contributed by atoms with Crippen LogP contribution in [-0.4, -0.2) is 42.6 Å². The molecule has 5 nitrogen and oxygen atoms in total. The number of rotatable bonds is 1. The lowest BCUT2D eigenvalue weighted by Gasteiger charge is -2.38. The van der Waals surface area contributed by atoms with Crippen LogP contribution in [0.15, 0.2) is 12.1 Å². The molecule has 2 aliphatic heterocycles. The van der Waals surface area contributed by atoms with Gasteiger partial charge in [0, 0.05) is 25.3 Å². The number of carbonyl (C=O) groups excluding carboxylic acids is 1. The molecular weight excluding hydrogens is 288 g/mol. The molecule has 0 spiro atoms. The standard InChI is InChI=1S/C15H17ClN4O/c1-10-12(4-3-11(7-17)13(10)16)19-9-15(2)8-18-5-6-20(15)14(19)21/h3-4,18H,5-6,8-9H2,1-2H3/t15-/m0/s1. The molecule has 1 atom stereocenters. The normalized spacial score (nSPS) is 25.0. The minimum atomic E-state index is -0.192. The van der Waals surface area contributed by atoms with Crippen molar-refractivity contribution in [1.82, 2.24) is 10.2 Å². The molecule has 21 heavy (non-hydrogen) atoms. The van der Waals surface area contributed by atoms with E-state index in [1.807, 2.05) is 17.9 Å². The predicted molar refractivity (Wildman–Crippen MR) is 81.6 cm³/mol. The molecule has 0 saturated carbocycles. The summed E-state index contributed by atoms with van der Waals surface area (Å²) in [5.74, 6) is 0. The van der Waals surface area contributed by atoms with Crippen molar-refractivity contribution in [2.75, 3.05) is 31.1 Å². The van der Waals surface area contributed by atoms with Gasteiger partial charge < -0.3 is 10.2 Å². The Kier molecular flexibility index (Phi) is 3.31. The zero-order valence-electron chi connectivity index (χ0n) is 12.1. The number of amides is 2. The number of nitrogens with zero attached hydrogens (tertiary/aromatic N) is 3. The van der Waals surface area contributed by atoms with Crippen LogP contribution in [0.4, 0.5) is 10.5 Å². The van der Waals surface area contributed by atoms with Crippen molar-refractivity contribution >= 4 is 23.3 Å². The van der Waals surface area contributed by atoms with Gasteiger partial charge in [0.15, 0.2) is 0 Å². The number of hydrogen-bond donors (Lipinski definition) is 1. The quantitative estimate of drug-likeness (QED) is 0.864. The number of halogens is 1. The van der Waals surface area contributed by atoms with Gasteiger partial charge in [-0.2, -0.15) is 5.26 Å². The highest BCUT2D eigenvalue weighted by molar-refractivity contribution is 6.33. The maximum absolute atomic E-state index is 12.7. The SMILES string of the molecule is Cc1c(N2C[C@]3(C)CNCCN3C2=O)ccc(C#N)c1Cl. The second kappa shape index (κ2) is 4.90. The molecule has 0 unspecified atom stereocenters. The summed E-state index contributed by atoms with van der Waals surface area (Å²) >= 11 is 6.23. The number of hydrogen-bond acceptors (Lipinski definition) is 3. The van der Waals surface area contributed by atoms with E-state index in [1.54, 1.807) is 11.0 Å². The molecule has 2 heterocycles.